The van der Waals surface area contributed by atoms with Gasteiger partial charge in [0, 0.05) is 49.0 Å². The molecule has 1 aliphatic rings. The zero-order chi connectivity index (χ0) is 25.6. The maximum atomic E-state index is 13.4. The monoisotopic (exact) mass is 528 g/mol. The first-order valence-electron chi connectivity index (χ1n) is 11.0. The van der Waals surface area contributed by atoms with E-state index >= 15 is 0 Å². The molecule has 5 rings (SSSR count). The average molecular weight is 529 g/mol. The van der Waals surface area contributed by atoms with Crippen LogP contribution < -0.4 is 10.5 Å². The van der Waals surface area contributed by atoms with Gasteiger partial charge in [-0.2, -0.15) is 0 Å². The minimum Gasteiger partial charge on any atom is -0.465 e. The highest BCUT2D eigenvalue weighted by molar-refractivity contribution is 7.90. The molecule has 1 saturated heterocycles. The molecule has 0 saturated carbocycles. The van der Waals surface area contributed by atoms with Crippen molar-refractivity contribution in [3.05, 3.63) is 70.2 Å². The van der Waals surface area contributed by atoms with Gasteiger partial charge in [0.05, 0.1) is 4.90 Å². The van der Waals surface area contributed by atoms with Gasteiger partial charge in [-0.3, -0.25) is 4.79 Å². The maximum absolute atomic E-state index is 13.4. The highest BCUT2D eigenvalue weighted by Gasteiger charge is 2.30. The summed E-state index contributed by atoms with van der Waals surface area (Å²) < 4.78 is 27.9. The lowest BCUT2D eigenvalue weighted by Gasteiger charge is -2.39. The third-order valence-corrected chi connectivity index (χ3v) is 8.11. The van der Waals surface area contributed by atoms with Crippen LogP contribution >= 0.6 is 11.6 Å². The molecule has 1 aliphatic heterocycles. The number of pyridine rings is 1. The van der Waals surface area contributed by atoms with E-state index in [2.05, 4.69) is 15.0 Å². The summed E-state index contributed by atoms with van der Waals surface area (Å²) in [6.45, 7) is 2.54. The number of carboxylic acid groups (broad SMARTS) is 1. The zero-order valence-corrected chi connectivity index (χ0v) is 20.6. The lowest BCUT2D eigenvalue weighted by Crippen LogP contribution is -2.54. The SMILES string of the molecule is C[C@@H]1CN(C(=O)O)CCN1c1nc(-c2cn(S(=O)(=O)c3ccccc3)c3ncccc23)[nH]c(=O)c1Cl. The van der Waals surface area contributed by atoms with Crippen molar-refractivity contribution in [2.24, 2.45) is 0 Å². The third-order valence-electron chi connectivity index (χ3n) is 6.10. The van der Waals surface area contributed by atoms with E-state index in [4.69, 9.17) is 11.6 Å². The Kier molecular flexibility index (Phi) is 5.92. The molecule has 0 spiro atoms. The number of fused-ring (bicyclic) bond motifs is 1. The Labute approximate surface area is 210 Å². The van der Waals surface area contributed by atoms with Crippen molar-refractivity contribution in [2.75, 3.05) is 24.5 Å². The van der Waals surface area contributed by atoms with E-state index in [1.54, 1.807) is 35.2 Å². The largest absolute Gasteiger partial charge is 0.465 e. The summed E-state index contributed by atoms with van der Waals surface area (Å²) >= 11 is 6.34. The zero-order valence-electron chi connectivity index (χ0n) is 19.0. The number of hydrogen-bond acceptors (Lipinski definition) is 7. The van der Waals surface area contributed by atoms with Crippen molar-refractivity contribution in [1.29, 1.82) is 0 Å². The van der Waals surface area contributed by atoms with Crippen LogP contribution in [0.2, 0.25) is 5.02 Å². The van der Waals surface area contributed by atoms with Crippen LogP contribution in [0.1, 0.15) is 6.92 Å². The van der Waals surface area contributed by atoms with Gasteiger partial charge in [0.1, 0.15) is 10.8 Å². The maximum Gasteiger partial charge on any atom is 0.407 e. The van der Waals surface area contributed by atoms with Gasteiger partial charge in [0.2, 0.25) is 0 Å². The number of amides is 1. The van der Waals surface area contributed by atoms with E-state index in [1.165, 1.54) is 29.4 Å². The van der Waals surface area contributed by atoms with Crippen LogP contribution in [0.3, 0.4) is 0 Å². The predicted octanol–water partition coefficient (Wildman–Crippen LogP) is 2.87. The minimum absolute atomic E-state index is 0.0856. The normalized spacial score (nSPS) is 16.4. The van der Waals surface area contributed by atoms with Crippen molar-refractivity contribution in [2.45, 2.75) is 17.9 Å². The highest BCUT2D eigenvalue weighted by Crippen LogP contribution is 2.32. The van der Waals surface area contributed by atoms with Crippen LogP contribution in [0.4, 0.5) is 10.6 Å². The second-order valence-electron chi connectivity index (χ2n) is 8.35. The molecule has 1 aromatic carbocycles. The van der Waals surface area contributed by atoms with Gasteiger partial charge in [-0.25, -0.2) is 27.2 Å². The molecular formula is C23H21ClN6O5S. The molecular weight excluding hydrogens is 508 g/mol. The number of anilines is 1. The molecule has 0 bridgehead atoms. The molecule has 4 heterocycles. The van der Waals surface area contributed by atoms with Gasteiger partial charge in [0.15, 0.2) is 11.5 Å². The quantitative estimate of drug-likeness (QED) is 0.412. The Morgan fingerprint density at radius 2 is 1.92 bits per heavy atom. The van der Waals surface area contributed by atoms with E-state index in [0.29, 0.717) is 10.9 Å². The molecule has 2 N–H and O–H groups in total. The van der Waals surface area contributed by atoms with E-state index in [9.17, 15) is 23.1 Å². The summed E-state index contributed by atoms with van der Waals surface area (Å²) in [5.41, 5.74) is -0.0661. The number of halogens is 1. The Bertz CT molecular complexity index is 1640. The van der Waals surface area contributed by atoms with Crippen molar-refractivity contribution >= 4 is 44.6 Å². The number of nitrogens with zero attached hydrogens (tertiary/aromatic N) is 5. The molecule has 0 aliphatic carbocycles. The first kappa shape index (κ1) is 23.8. The lowest BCUT2D eigenvalue weighted by molar-refractivity contribution is 0.136. The molecule has 13 heteroatoms. The number of hydrogen-bond donors (Lipinski definition) is 2. The topological polar surface area (TPSA) is 141 Å². The number of rotatable bonds is 4. The lowest BCUT2D eigenvalue weighted by atomic mass is 10.2. The molecule has 36 heavy (non-hydrogen) atoms. The van der Waals surface area contributed by atoms with Gasteiger partial charge in [-0.1, -0.05) is 29.8 Å². The number of piperazine rings is 1. The van der Waals surface area contributed by atoms with Crippen LogP contribution in [-0.4, -0.2) is 69.1 Å². The van der Waals surface area contributed by atoms with Crippen LogP contribution in [0, 0.1) is 0 Å². The Balaban J connectivity index is 1.65. The van der Waals surface area contributed by atoms with E-state index < -0.39 is 21.7 Å². The van der Waals surface area contributed by atoms with Crippen molar-refractivity contribution in [3.63, 3.8) is 0 Å². The standard InChI is InChI=1S/C23H21ClN6O5S/c1-14-12-28(23(32)33)10-11-29(14)21-18(24)22(31)27-19(26-21)17-13-30(20-16(17)8-5-9-25-20)36(34,35)15-6-3-2-4-7-15/h2-9,13-14H,10-12H2,1H3,(H,32,33)(H,26,27,31)/t14-/m1/s1. The van der Waals surface area contributed by atoms with Crippen molar-refractivity contribution in [3.8, 4) is 11.4 Å². The fraction of sp³-hybridized carbons (Fsp3) is 0.217. The second kappa shape index (κ2) is 8.95. The van der Waals surface area contributed by atoms with Gasteiger partial charge in [0.25, 0.3) is 15.6 Å². The van der Waals surface area contributed by atoms with Crippen LogP contribution in [0.5, 0.6) is 0 Å². The number of carbonyl (C=O) groups is 1. The summed E-state index contributed by atoms with van der Waals surface area (Å²) in [6.07, 6.45) is 1.84. The second-order valence-corrected chi connectivity index (χ2v) is 10.5. The Hall–Kier alpha value is -3.90. The highest BCUT2D eigenvalue weighted by atomic mass is 35.5. The molecule has 3 aromatic heterocycles. The van der Waals surface area contributed by atoms with Crippen molar-refractivity contribution < 1.29 is 18.3 Å². The number of aromatic nitrogens is 4. The fourth-order valence-electron chi connectivity index (χ4n) is 4.32. The van der Waals surface area contributed by atoms with Crippen LogP contribution in [-0.2, 0) is 10.0 Å². The van der Waals surface area contributed by atoms with Crippen molar-refractivity contribution in [1.82, 2.24) is 23.8 Å². The Morgan fingerprint density at radius 1 is 1.17 bits per heavy atom. The number of aromatic amines is 1. The van der Waals surface area contributed by atoms with Gasteiger partial charge < -0.3 is 19.9 Å². The molecule has 4 aromatic rings. The molecule has 1 atom stereocenters. The van der Waals surface area contributed by atoms with Crippen LogP contribution in [0.25, 0.3) is 22.4 Å². The molecule has 11 nitrogen and oxygen atoms in total. The smallest absolute Gasteiger partial charge is 0.407 e. The molecule has 186 valence electrons. The number of benzene rings is 1. The molecule has 0 radical (unpaired) electrons. The first-order chi connectivity index (χ1) is 17.2. The molecule has 1 amide bonds. The van der Waals surface area contributed by atoms with Gasteiger partial charge in [-0.05, 0) is 31.2 Å². The summed E-state index contributed by atoms with van der Waals surface area (Å²) in [5, 5.41) is 9.65. The van der Waals surface area contributed by atoms with E-state index in [0.717, 1.165) is 3.97 Å². The first-order valence-corrected chi connectivity index (χ1v) is 12.8. The molecule has 1 fully saturated rings. The number of nitrogens with one attached hydrogen (secondary N) is 1. The van der Waals surface area contributed by atoms with Crippen LogP contribution in [0.15, 0.2) is 64.5 Å². The summed E-state index contributed by atoms with van der Waals surface area (Å²) in [7, 11) is -3.99. The van der Waals surface area contributed by atoms with Gasteiger partial charge in [-0.15, -0.1) is 0 Å². The molecule has 0 unspecified atom stereocenters. The van der Waals surface area contributed by atoms with E-state index in [1.807, 2.05) is 6.92 Å². The minimum atomic E-state index is -3.99. The third kappa shape index (κ3) is 3.97. The summed E-state index contributed by atoms with van der Waals surface area (Å²) in [5.74, 6) is 0.316. The van der Waals surface area contributed by atoms with E-state index in [-0.39, 0.29) is 52.9 Å². The summed E-state index contributed by atoms with van der Waals surface area (Å²) in [4.78, 5) is 38.9. The number of H-pyrrole nitrogens is 1. The Morgan fingerprint density at radius 3 is 2.61 bits per heavy atom. The fourth-order valence-corrected chi connectivity index (χ4v) is 5.86. The van der Waals surface area contributed by atoms with Gasteiger partial charge >= 0.3 is 6.09 Å². The summed E-state index contributed by atoms with van der Waals surface area (Å²) in [6, 6.07) is 11.0. The predicted molar refractivity (Wildman–Crippen MR) is 134 cm³/mol. The average Bonchev–Trinajstić information content (AvgIpc) is 3.27.